The fourth-order valence-corrected chi connectivity index (χ4v) is 3.77. The lowest BCUT2D eigenvalue weighted by atomic mass is 10.1. The minimum Gasteiger partial charge on any atom is -0.378 e. The van der Waals surface area contributed by atoms with Gasteiger partial charge in [-0.05, 0) is 11.5 Å². The fourth-order valence-electron chi connectivity index (χ4n) is 3.77. The molecule has 0 radical (unpaired) electrons. The molecule has 2 saturated heterocycles. The number of hydrogen-bond acceptors (Lipinski definition) is 4. The van der Waals surface area contributed by atoms with E-state index in [1.165, 1.54) is 16.5 Å². The number of rotatable bonds is 3. The van der Waals surface area contributed by atoms with Crippen molar-refractivity contribution in [3.63, 3.8) is 0 Å². The molecule has 2 aliphatic rings. The fraction of sp³-hybridized carbons (Fsp3) is 0.450. The minimum atomic E-state index is 0.164. The summed E-state index contributed by atoms with van der Waals surface area (Å²) in [4.78, 5) is 16.9. The Morgan fingerprint density at radius 1 is 1.08 bits per heavy atom. The normalized spacial score (nSPS) is 21.5. The first-order chi connectivity index (χ1) is 12.3. The van der Waals surface area contributed by atoms with Crippen LogP contribution in [0.4, 0.5) is 5.69 Å². The van der Waals surface area contributed by atoms with Crippen LogP contribution in [-0.2, 0) is 9.53 Å². The minimum absolute atomic E-state index is 0.164. The van der Waals surface area contributed by atoms with Gasteiger partial charge in [-0.1, -0.05) is 36.4 Å². The van der Waals surface area contributed by atoms with Crippen molar-refractivity contribution in [3.8, 4) is 0 Å². The number of fused-ring (bicyclic) bond motifs is 1. The Labute approximate surface area is 148 Å². The standard InChI is InChI=1S/C20H25N3O2/c24-20(14-17-15-25-13-8-21-17)23-11-9-22(10-12-23)19-7-3-5-16-4-1-2-6-18(16)19/h1-7,17,21H,8-15H2. The predicted octanol–water partition coefficient (Wildman–Crippen LogP) is 1.87. The van der Waals surface area contributed by atoms with E-state index in [-0.39, 0.29) is 11.9 Å². The number of nitrogens with zero attached hydrogens (tertiary/aromatic N) is 2. The summed E-state index contributed by atoms with van der Waals surface area (Å²) in [5.74, 6) is 0.237. The first-order valence-electron chi connectivity index (χ1n) is 9.13. The lowest BCUT2D eigenvalue weighted by molar-refractivity contribution is -0.132. The van der Waals surface area contributed by atoms with Gasteiger partial charge in [0.05, 0.1) is 13.2 Å². The van der Waals surface area contributed by atoms with Gasteiger partial charge in [0.1, 0.15) is 0 Å². The van der Waals surface area contributed by atoms with E-state index in [4.69, 9.17) is 4.74 Å². The smallest absolute Gasteiger partial charge is 0.224 e. The molecule has 2 heterocycles. The number of anilines is 1. The predicted molar refractivity (Wildman–Crippen MR) is 100.0 cm³/mol. The molecule has 4 rings (SSSR count). The molecule has 1 unspecified atom stereocenters. The van der Waals surface area contributed by atoms with Crippen LogP contribution in [0.1, 0.15) is 6.42 Å². The maximum absolute atomic E-state index is 12.5. The van der Waals surface area contributed by atoms with Gasteiger partial charge in [-0.2, -0.15) is 0 Å². The molecule has 2 fully saturated rings. The van der Waals surface area contributed by atoms with Crippen molar-refractivity contribution in [1.82, 2.24) is 10.2 Å². The van der Waals surface area contributed by atoms with Crippen LogP contribution >= 0.6 is 0 Å². The quantitative estimate of drug-likeness (QED) is 0.927. The largest absolute Gasteiger partial charge is 0.378 e. The highest BCUT2D eigenvalue weighted by Crippen LogP contribution is 2.27. The Balaban J connectivity index is 1.38. The Hall–Kier alpha value is -2.11. The monoisotopic (exact) mass is 339 g/mol. The molecule has 0 aliphatic carbocycles. The highest BCUT2D eigenvalue weighted by molar-refractivity contribution is 5.94. The van der Waals surface area contributed by atoms with Crippen molar-refractivity contribution < 1.29 is 9.53 Å². The zero-order valence-electron chi connectivity index (χ0n) is 14.5. The molecule has 25 heavy (non-hydrogen) atoms. The Morgan fingerprint density at radius 3 is 2.68 bits per heavy atom. The first-order valence-corrected chi connectivity index (χ1v) is 9.13. The summed E-state index contributed by atoms with van der Waals surface area (Å²) in [5.41, 5.74) is 1.27. The summed E-state index contributed by atoms with van der Waals surface area (Å²) in [7, 11) is 0. The van der Waals surface area contributed by atoms with Crippen molar-refractivity contribution in [2.24, 2.45) is 0 Å². The number of benzene rings is 2. The second kappa shape index (κ2) is 7.42. The number of hydrogen-bond donors (Lipinski definition) is 1. The van der Waals surface area contributed by atoms with Crippen LogP contribution in [0.25, 0.3) is 10.8 Å². The number of amides is 1. The molecule has 2 aromatic carbocycles. The highest BCUT2D eigenvalue weighted by Gasteiger charge is 2.25. The van der Waals surface area contributed by atoms with E-state index in [0.29, 0.717) is 13.0 Å². The molecule has 1 N–H and O–H groups in total. The van der Waals surface area contributed by atoms with Gasteiger partial charge >= 0.3 is 0 Å². The van der Waals surface area contributed by atoms with Gasteiger partial charge < -0.3 is 19.9 Å². The molecule has 5 nitrogen and oxygen atoms in total. The summed E-state index contributed by atoms with van der Waals surface area (Å²) in [6.07, 6.45) is 0.536. The van der Waals surface area contributed by atoms with Gasteiger partial charge in [-0.25, -0.2) is 0 Å². The van der Waals surface area contributed by atoms with Crippen LogP contribution in [0.15, 0.2) is 42.5 Å². The number of ether oxygens (including phenoxy) is 1. The summed E-state index contributed by atoms with van der Waals surface area (Å²) in [6.45, 7) is 5.57. The van der Waals surface area contributed by atoms with E-state index >= 15 is 0 Å². The topological polar surface area (TPSA) is 44.8 Å². The van der Waals surface area contributed by atoms with Crippen molar-refractivity contribution in [2.45, 2.75) is 12.5 Å². The van der Waals surface area contributed by atoms with Gasteiger partial charge in [-0.3, -0.25) is 4.79 Å². The lowest BCUT2D eigenvalue weighted by Gasteiger charge is -2.37. The first kappa shape index (κ1) is 16.4. The van der Waals surface area contributed by atoms with Crippen LogP contribution in [-0.4, -0.2) is 62.8 Å². The SMILES string of the molecule is O=C(CC1COCCN1)N1CCN(c2cccc3ccccc23)CC1. The lowest BCUT2D eigenvalue weighted by Crippen LogP contribution is -2.51. The van der Waals surface area contributed by atoms with Crippen molar-refractivity contribution in [3.05, 3.63) is 42.5 Å². The zero-order chi connectivity index (χ0) is 17.1. The van der Waals surface area contributed by atoms with E-state index < -0.39 is 0 Å². The molecular formula is C20H25N3O2. The third kappa shape index (κ3) is 3.62. The van der Waals surface area contributed by atoms with E-state index in [9.17, 15) is 4.79 Å². The van der Waals surface area contributed by atoms with E-state index in [0.717, 1.165) is 39.3 Å². The van der Waals surface area contributed by atoms with E-state index in [2.05, 4.69) is 52.7 Å². The van der Waals surface area contributed by atoms with Crippen molar-refractivity contribution in [1.29, 1.82) is 0 Å². The van der Waals surface area contributed by atoms with Crippen LogP contribution in [0.3, 0.4) is 0 Å². The highest BCUT2D eigenvalue weighted by atomic mass is 16.5. The third-order valence-corrected chi connectivity index (χ3v) is 5.16. The third-order valence-electron chi connectivity index (χ3n) is 5.16. The Kier molecular flexibility index (Phi) is 4.85. The van der Waals surface area contributed by atoms with Gasteiger partial charge in [0.15, 0.2) is 0 Å². The molecule has 2 aromatic rings. The van der Waals surface area contributed by atoms with Crippen LogP contribution in [0, 0.1) is 0 Å². The molecule has 1 amide bonds. The number of carbonyl (C=O) groups is 1. The van der Waals surface area contributed by atoms with Crippen LogP contribution in [0.2, 0.25) is 0 Å². The maximum atomic E-state index is 12.5. The molecular weight excluding hydrogens is 314 g/mol. The van der Waals surface area contributed by atoms with E-state index in [1.807, 2.05) is 4.90 Å². The Bertz CT molecular complexity index is 729. The number of morpholine rings is 1. The van der Waals surface area contributed by atoms with Gasteiger partial charge in [-0.15, -0.1) is 0 Å². The average molecular weight is 339 g/mol. The second-order valence-corrected chi connectivity index (χ2v) is 6.80. The summed E-state index contributed by atoms with van der Waals surface area (Å²) >= 11 is 0. The second-order valence-electron chi connectivity index (χ2n) is 6.80. The van der Waals surface area contributed by atoms with Crippen LogP contribution < -0.4 is 10.2 Å². The molecule has 0 aromatic heterocycles. The van der Waals surface area contributed by atoms with Gasteiger partial charge in [0, 0.05) is 56.3 Å². The van der Waals surface area contributed by atoms with Crippen molar-refractivity contribution in [2.75, 3.05) is 50.8 Å². The summed E-state index contributed by atoms with van der Waals surface area (Å²) < 4.78 is 5.44. The molecule has 5 heteroatoms. The average Bonchev–Trinajstić information content (AvgIpc) is 2.68. The Morgan fingerprint density at radius 2 is 1.88 bits per heavy atom. The van der Waals surface area contributed by atoms with Gasteiger partial charge in [0.2, 0.25) is 5.91 Å². The number of piperazine rings is 1. The molecule has 0 saturated carbocycles. The molecule has 1 atom stereocenters. The number of nitrogens with one attached hydrogen (secondary N) is 1. The molecule has 0 spiro atoms. The maximum Gasteiger partial charge on any atom is 0.224 e. The molecule has 132 valence electrons. The van der Waals surface area contributed by atoms with Crippen LogP contribution in [0.5, 0.6) is 0 Å². The molecule has 2 aliphatic heterocycles. The summed E-state index contributed by atoms with van der Waals surface area (Å²) in [5, 5.41) is 5.91. The summed E-state index contributed by atoms with van der Waals surface area (Å²) in [6, 6.07) is 15.1. The van der Waals surface area contributed by atoms with Crippen molar-refractivity contribution >= 4 is 22.4 Å². The zero-order valence-corrected chi connectivity index (χ0v) is 14.5. The number of carbonyl (C=O) groups excluding carboxylic acids is 1. The van der Waals surface area contributed by atoms with Gasteiger partial charge in [0.25, 0.3) is 0 Å². The molecule has 0 bridgehead atoms. The van der Waals surface area contributed by atoms with E-state index in [1.54, 1.807) is 0 Å².